The van der Waals surface area contributed by atoms with Crippen LogP contribution in [0, 0.1) is 13.8 Å². The number of esters is 2. The van der Waals surface area contributed by atoms with E-state index in [9.17, 15) is 9.59 Å². The quantitative estimate of drug-likeness (QED) is 0.295. The van der Waals surface area contributed by atoms with Crippen molar-refractivity contribution >= 4 is 40.5 Å². The predicted molar refractivity (Wildman–Crippen MR) is 135 cm³/mol. The highest BCUT2D eigenvalue weighted by Crippen LogP contribution is 2.34. The van der Waals surface area contributed by atoms with Crippen LogP contribution in [0.2, 0.25) is 5.28 Å². The van der Waals surface area contributed by atoms with Gasteiger partial charge in [0.1, 0.15) is 30.6 Å². The van der Waals surface area contributed by atoms with Crippen LogP contribution in [-0.2, 0) is 14.2 Å². The Morgan fingerprint density at radius 3 is 2.30 bits per heavy atom. The second-order valence-electron chi connectivity index (χ2n) is 8.84. The third-order valence-electron chi connectivity index (χ3n) is 6.12. The number of ether oxygens (including phenoxy) is 3. The number of nitrogens with two attached hydrogens (primary N) is 1. The standard InChI is InChI=1S/C26H24ClN5O5/c1-14-3-7-16(8-4-14)24(33)35-12-19-18(37-25(34)17-9-5-15(2)6-10-17)11-20(36-19)32-13-29-21-22(28)30-26(27)31-23(21)32/h3-10,13,18-20H,11-12H2,1-2H3,(H2,28,30,31)/t18-,19+,20-/m0/s1. The number of carbonyl (C=O) groups is 2. The molecule has 3 heterocycles. The predicted octanol–water partition coefficient (Wildman–Crippen LogP) is 4.05. The normalized spacial score (nSPS) is 19.2. The number of imidazole rings is 1. The Bertz CT molecular complexity index is 1460. The van der Waals surface area contributed by atoms with Gasteiger partial charge in [0.05, 0.1) is 17.5 Å². The molecular weight excluding hydrogens is 498 g/mol. The number of halogens is 1. The van der Waals surface area contributed by atoms with Gasteiger partial charge in [0.2, 0.25) is 5.28 Å². The van der Waals surface area contributed by atoms with Gasteiger partial charge in [-0.25, -0.2) is 14.6 Å². The average Bonchev–Trinajstić information content (AvgIpc) is 3.47. The molecule has 0 bridgehead atoms. The number of anilines is 1. The maximum absolute atomic E-state index is 12.9. The van der Waals surface area contributed by atoms with Crippen LogP contribution in [0.4, 0.5) is 5.82 Å². The first kappa shape index (κ1) is 24.7. The summed E-state index contributed by atoms with van der Waals surface area (Å²) in [6.45, 7) is 3.74. The zero-order valence-electron chi connectivity index (χ0n) is 20.1. The molecule has 5 rings (SSSR count). The lowest BCUT2D eigenvalue weighted by Gasteiger charge is -2.19. The van der Waals surface area contributed by atoms with Crippen molar-refractivity contribution in [2.24, 2.45) is 0 Å². The van der Waals surface area contributed by atoms with Gasteiger partial charge in [-0.15, -0.1) is 0 Å². The number of nitrogen functional groups attached to an aromatic ring is 1. The monoisotopic (exact) mass is 521 g/mol. The summed E-state index contributed by atoms with van der Waals surface area (Å²) in [6, 6.07) is 14.1. The van der Waals surface area contributed by atoms with E-state index in [-0.39, 0.29) is 24.1 Å². The molecule has 2 aromatic heterocycles. The lowest BCUT2D eigenvalue weighted by atomic mass is 10.1. The Labute approximate surface area is 217 Å². The molecule has 10 nitrogen and oxygen atoms in total. The van der Waals surface area contributed by atoms with Crippen molar-refractivity contribution in [3.63, 3.8) is 0 Å². The van der Waals surface area contributed by atoms with E-state index in [4.69, 9.17) is 31.5 Å². The van der Waals surface area contributed by atoms with Crippen LogP contribution in [0.3, 0.4) is 0 Å². The van der Waals surface area contributed by atoms with Gasteiger partial charge in [0.15, 0.2) is 11.5 Å². The summed E-state index contributed by atoms with van der Waals surface area (Å²) in [6.07, 6.45) is -0.306. The van der Waals surface area contributed by atoms with Crippen molar-refractivity contribution in [1.82, 2.24) is 19.5 Å². The Balaban J connectivity index is 1.37. The third-order valence-corrected chi connectivity index (χ3v) is 6.29. The number of aryl methyl sites for hydroxylation is 2. The van der Waals surface area contributed by atoms with Gasteiger partial charge in [-0.3, -0.25) is 4.57 Å². The van der Waals surface area contributed by atoms with Crippen LogP contribution in [0.25, 0.3) is 11.2 Å². The van der Waals surface area contributed by atoms with Crippen LogP contribution >= 0.6 is 11.6 Å². The number of nitrogens with zero attached hydrogens (tertiary/aromatic N) is 4. The molecule has 0 saturated carbocycles. The van der Waals surface area contributed by atoms with E-state index in [0.717, 1.165) is 11.1 Å². The van der Waals surface area contributed by atoms with Crippen molar-refractivity contribution < 1.29 is 23.8 Å². The first-order valence-corrected chi connectivity index (χ1v) is 12.0. The molecule has 0 radical (unpaired) electrons. The summed E-state index contributed by atoms with van der Waals surface area (Å²) >= 11 is 6.01. The molecule has 1 saturated heterocycles. The summed E-state index contributed by atoms with van der Waals surface area (Å²) in [5.74, 6) is -0.872. The Morgan fingerprint density at radius 1 is 1.03 bits per heavy atom. The van der Waals surface area contributed by atoms with E-state index in [1.807, 2.05) is 38.1 Å². The Kier molecular flexibility index (Phi) is 6.77. The maximum Gasteiger partial charge on any atom is 0.338 e. The van der Waals surface area contributed by atoms with Gasteiger partial charge in [0, 0.05) is 6.42 Å². The van der Waals surface area contributed by atoms with Crippen LogP contribution in [-0.4, -0.2) is 50.3 Å². The molecule has 37 heavy (non-hydrogen) atoms. The molecule has 1 fully saturated rings. The summed E-state index contributed by atoms with van der Waals surface area (Å²) < 4.78 is 19.2. The van der Waals surface area contributed by atoms with Crippen molar-refractivity contribution in [2.75, 3.05) is 12.3 Å². The smallest absolute Gasteiger partial charge is 0.338 e. The number of aromatic nitrogens is 4. The molecule has 4 aromatic rings. The van der Waals surface area contributed by atoms with Gasteiger partial charge in [-0.1, -0.05) is 35.4 Å². The van der Waals surface area contributed by atoms with E-state index >= 15 is 0 Å². The zero-order valence-corrected chi connectivity index (χ0v) is 20.9. The fraction of sp³-hybridized carbons (Fsp3) is 0.269. The topological polar surface area (TPSA) is 131 Å². The minimum atomic E-state index is -0.735. The Hall–Kier alpha value is -4.02. The fourth-order valence-corrected chi connectivity index (χ4v) is 4.26. The molecule has 11 heteroatoms. The van der Waals surface area contributed by atoms with Gasteiger partial charge < -0.3 is 19.9 Å². The van der Waals surface area contributed by atoms with Crippen molar-refractivity contribution in [3.05, 3.63) is 82.4 Å². The van der Waals surface area contributed by atoms with Crippen LogP contribution in [0.1, 0.15) is 44.5 Å². The largest absolute Gasteiger partial charge is 0.459 e. The zero-order chi connectivity index (χ0) is 26.1. The van der Waals surface area contributed by atoms with Crippen molar-refractivity contribution in [2.45, 2.75) is 38.7 Å². The number of hydrogen-bond donors (Lipinski definition) is 1. The molecule has 0 unspecified atom stereocenters. The van der Waals surface area contributed by atoms with Crippen LogP contribution in [0.15, 0.2) is 54.9 Å². The maximum atomic E-state index is 12.9. The third kappa shape index (κ3) is 5.25. The number of fused-ring (bicyclic) bond motifs is 1. The molecule has 0 spiro atoms. The molecule has 2 N–H and O–H groups in total. The number of carbonyl (C=O) groups excluding carboxylic acids is 2. The highest BCUT2D eigenvalue weighted by Gasteiger charge is 2.40. The molecule has 1 aliphatic rings. The van der Waals surface area contributed by atoms with E-state index in [1.54, 1.807) is 28.8 Å². The van der Waals surface area contributed by atoms with Gasteiger partial charge >= 0.3 is 11.9 Å². The highest BCUT2D eigenvalue weighted by molar-refractivity contribution is 6.28. The lowest BCUT2D eigenvalue weighted by molar-refractivity contribution is -0.0563. The average molecular weight is 522 g/mol. The summed E-state index contributed by atoms with van der Waals surface area (Å²) in [5, 5.41) is -0.0318. The second kappa shape index (κ2) is 10.2. The molecule has 190 valence electrons. The molecular formula is C26H24ClN5O5. The first-order chi connectivity index (χ1) is 17.8. The summed E-state index contributed by atoms with van der Waals surface area (Å²) in [5.41, 5.74) is 9.55. The number of benzene rings is 2. The minimum Gasteiger partial charge on any atom is -0.459 e. The van der Waals surface area contributed by atoms with E-state index < -0.39 is 30.4 Å². The summed E-state index contributed by atoms with van der Waals surface area (Å²) in [4.78, 5) is 37.9. The first-order valence-electron chi connectivity index (χ1n) is 11.6. The molecule has 2 aromatic carbocycles. The van der Waals surface area contributed by atoms with E-state index in [0.29, 0.717) is 22.3 Å². The van der Waals surface area contributed by atoms with Gasteiger partial charge in [0.25, 0.3) is 0 Å². The highest BCUT2D eigenvalue weighted by atomic mass is 35.5. The van der Waals surface area contributed by atoms with Crippen molar-refractivity contribution in [3.8, 4) is 0 Å². The molecule has 0 aliphatic carbocycles. The van der Waals surface area contributed by atoms with Crippen molar-refractivity contribution in [1.29, 1.82) is 0 Å². The number of hydrogen-bond acceptors (Lipinski definition) is 9. The van der Waals surface area contributed by atoms with Crippen LogP contribution < -0.4 is 5.73 Å². The molecule has 0 amide bonds. The Morgan fingerprint density at radius 2 is 1.65 bits per heavy atom. The SMILES string of the molecule is Cc1ccc(C(=O)OC[C@H]2O[C@H](n3cnc4c(N)nc(Cl)nc43)C[C@@H]2OC(=O)c2ccc(C)cc2)cc1. The fourth-order valence-electron chi connectivity index (χ4n) is 4.09. The molecule has 3 atom stereocenters. The number of rotatable bonds is 6. The van der Waals surface area contributed by atoms with Gasteiger partial charge in [-0.2, -0.15) is 9.97 Å². The summed E-state index contributed by atoms with van der Waals surface area (Å²) in [7, 11) is 0. The molecule has 1 aliphatic heterocycles. The van der Waals surface area contributed by atoms with Gasteiger partial charge in [-0.05, 0) is 49.7 Å². The van der Waals surface area contributed by atoms with E-state index in [1.165, 1.54) is 6.33 Å². The lowest BCUT2D eigenvalue weighted by Crippen LogP contribution is -2.32. The van der Waals surface area contributed by atoms with Crippen LogP contribution in [0.5, 0.6) is 0 Å². The van der Waals surface area contributed by atoms with E-state index in [2.05, 4.69) is 15.0 Å². The second-order valence-corrected chi connectivity index (χ2v) is 9.18. The minimum absolute atomic E-state index is 0.0318.